The van der Waals surface area contributed by atoms with Gasteiger partial charge < -0.3 is 24.1 Å². The molecular weight excluding hydrogens is 493 g/mol. The Morgan fingerprint density at radius 3 is 2.79 bits per heavy atom. The van der Waals surface area contributed by atoms with E-state index < -0.39 is 11.9 Å². The summed E-state index contributed by atoms with van der Waals surface area (Å²) in [6, 6.07) is 6.08. The Kier molecular flexibility index (Phi) is 7.07. The fourth-order valence-corrected chi connectivity index (χ4v) is 5.96. The number of aliphatic hydroxyl groups is 1. The standard InChI is InChI=1S/C29H32FNO7/c30-23-13-17(3-5-20(23)25(32)6-4-19-2-1-9-36-19)12-18-14-22-28(21-7-11-37-27(18)21)38-16-31(29(22)34)24-8-10-35-15-26(24)33/h3,5,13-14,19,24,26,33H,1-2,4,6-12,15-16H2/t19-,24+,26+/m1/s1. The van der Waals surface area contributed by atoms with Gasteiger partial charge in [-0.05, 0) is 55.0 Å². The van der Waals surface area contributed by atoms with Gasteiger partial charge in [-0.3, -0.25) is 14.5 Å². The molecule has 2 aromatic rings. The molecule has 202 valence electrons. The predicted molar refractivity (Wildman–Crippen MR) is 134 cm³/mol. The van der Waals surface area contributed by atoms with E-state index in [4.69, 9.17) is 18.9 Å². The SMILES string of the molecule is O=C(CC[C@H]1CCCO1)c1ccc(Cc2cc3c(c4c2OCC4)OCN([C@H]2CCOC[C@@H]2O)C3=O)cc1F. The molecule has 1 N–H and O–H groups in total. The van der Waals surface area contributed by atoms with E-state index in [1.807, 2.05) is 0 Å². The summed E-state index contributed by atoms with van der Waals surface area (Å²) >= 11 is 0. The zero-order chi connectivity index (χ0) is 26.2. The predicted octanol–water partition coefficient (Wildman–Crippen LogP) is 3.44. The molecule has 0 spiro atoms. The van der Waals surface area contributed by atoms with Gasteiger partial charge in [-0.15, -0.1) is 0 Å². The van der Waals surface area contributed by atoms with Crippen molar-refractivity contribution in [1.82, 2.24) is 4.90 Å². The number of nitrogens with zero attached hydrogens (tertiary/aromatic N) is 1. The average Bonchev–Trinajstić information content (AvgIpc) is 3.62. The number of ether oxygens (including phenoxy) is 4. The van der Waals surface area contributed by atoms with Crippen LogP contribution in [0.2, 0.25) is 0 Å². The van der Waals surface area contributed by atoms with E-state index in [-0.39, 0.29) is 49.2 Å². The minimum Gasteiger partial charge on any atom is -0.493 e. The molecule has 0 radical (unpaired) electrons. The topological polar surface area (TPSA) is 94.5 Å². The highest BCUT2D eigenvalue weighted by atomic mass is 19.1. The minimum absolute atomic E-state index is 0.0624. The zero-order valence-electron chi connectivity index (χ0n) is 21.2. The number of benzene rings is 2. The summed E-state index contributed by atoms with van der Waals surface area (Å²) in [6.45, 7) is 1.92. The second-order valence-electron chi connectivity index (χ2n) is 10.5. The number of hydrogen-bond acceptors (Lipinski definition) is 7. The van der Waals surface area contributed by atoms with Gasteiger partial charge in [0.25, 0.3) is 5.91 Å². The Labute approximate surface area is 220 Å². The molecule has 38 heavy (non-hydrogen) atoms. The lowest BCUT2D eigenvalue weighted by Gasteiger charge is -2.40. The molecule has 6 rings (SSSR count). The van der Waals surface area contributed by atoms with Gasteiger partial charge in [0.15, 0.2) is 12.5 Å². The summed E-state index contributed by atoms with van der Waals surface area (Å²) < 4.78 is 37.9. The number of halogens is 1. The van der Waals surface area contributed by atoms with Crippen LogP contribution >= 0.6 is 0 Å². The fourth-order valence-electron chi connectivity index (χ4n) is 5.96. The first-order chi connectivity index (χ1) is 18.5. The van der Waals surface area contributed by atoms with Crippen molar-refractivity contribution in [1.29, 1.82) is 0 Å². The molecule has 1 amide bonds. The molecule has 8 nitrogen and oxygen atoms in total. The van der Waals surface area contributed by atoms with E-state index in [9.17, 15) is 14.7 Å². The van der Waals surface area contributed by atoms with Crippen molar-refractivity contribution in [2.75, 3.05) is 33.2 Å². The van der Waals surface area contributed by atoms with E-state index in [0.29, 0.717) is 61.5 Å². The lowest BCUT2D eigenvalue weighted by atomic mass is 9.94. The highest BCUT2D eigenvalue weighted by molar-refractivity contribution is 5.99. The summed E-state index contributed by atoms with van der Waals surface area (Å²) in [4.78, 5) is 27.7. The van der Waals surface area contributed by atoms with Gasteiger partial charge >= 0.3 is 0 Å². The van der Waals surface area contributed by atoms with Crippen LogP contribution in [-0.2, 0) is 22.3 Å². The Balaban J connectivity index is 1.23. The second kappa shape index (κ2) is 10.6. The van der Waals surface area contributed by atoms with Crippen LogP contribution in [0.25, 0.3) is 0 Å². The third-order valence-corrected chi connectivity index (χ3v) is 7.98. The van der Waals surface area contributed by atoms with Crippen LogP contribution in [0.5, 0.6) is 11.5 Å². The van der Waals surface area contributed by atoms with E-state index >= 15 is 4.39 Å². The summed E-state index contributed by atoms with van der Waals surface area (Å²) in [5.41, 5.74) is 2.80. The molecule has 0 saturated carbocycles. The Morgan fingerprint density at radius 2 is 2.00 bits per heavy atom. The third-order valence-electron chi connectivity index (χ3n) is 7.98. The van der Waals surface area contributed by atoms with E-state index in [0.717, 1.165) is 30.6 Å². The van der Waals surface area contributed by atoms with Crippen LogP contribution in [0.3, 0.4) is 0 Å². The number of aliphatic hydroxyl groups excluding tert-OH is 1. The first-order valence-corrected chi connectivity index (χ1v) is 13.4. The first kappa shape index (κ1) is 25.3. The maximum Gasteiger partial charge on any atom is 0.260 e. The molecule has 0 aromatic heterocycles. The number of fused-ring (bicyclic) bond motifs is 3. The Bertz CT molecular complexity index is 1240. The highest BCUT2D eigenvalue weighted by Gasteiger charge is 2.39. The highest BCUT2D eigenvalue weighted by Crippen LogP contribution is 2.43. The quantitative estimate of drug-likeness (QED) is 0.554. The summed E-state index contributed by atoms with van der Waals surface area (Å²) in [6.07, 6.45) is 3.62. The molecule has 0 unspecified atom stereocenters. The average molecular weight is 526 g/mol. The Hall–Kier alpha value is -3.01. The third kappa shape index (κ3) is 4.79. The smallest absolute Gasteiger partial charge is 0.260 e. The molecule has 2 saturated heterocycles. The Morgan fingerprint density at radius 1 is 1.11 bits per heavy atom. The lowest BCUT2D eigenvalue weighted by molar-refractivity contribution is -0.0714. The van der Waals surface area contributed by atoms with Gasteiger partial charge in [0.05, 0.1) is 42.6 Å². The lowest BCUT2D eigenvalue weighted by Crippen LogP contribution is -2.54. The van der Waals surface area contributed by atoms with Crippen molar-refractivity contribution < 1.29 is 38.0 Å². The van der Waals surface area contributed by atoms with Crippen molar-refractivity contribution in [3.8, 4) is 11.5 Å². The van der Waals surface area contributed by atoms with Gasteiger partial charge in [-0.1, -0.05) is 6.07 Å². The van der Waals surface area contributed by atoms with E-state index in [1.165, 1.54) is 6.07 Å². The van der Waals surface area contributed by atoms with Crippen LogP contribution in [0.4, 0.5) is 4.39 Å². The molecule has 4 aliphatic heterocycles. The van der Waals surface area contributed by atoms with Gasteiger partial charge in [0, 0.05) is 38.0 Å². The van der Waals surface area contributed by atoms with E-state index in [2.05, 4.69) is 0 Å². The number of carbonyl (C=O) groups is 2. The summed E-state index contributed by atoms with van der Waals surface area (Å²) in [5, 5.41) is 10.4. The zero-order valence-corrected chi connectivity index (χ0v) is 21.2. The number of hydrogen-bond donors (Lipinski definition) is 1. The number of rotatable bonds is 7. The van der Waals surface area contributed by atoms with Crippen molar-refractivity contribution in [2.24, 2.45) is 0 Å². The molecule has 2 aromatic carbocycles. The van der Waals surface area contributed by atoms with Crippen molar-refractivity contribution in [2.45, 2.75) is 63.2 Å². The number of Topliss-reactive ketones (excluding diaryl/α,β-unsaturated/α-hetero) is 1. The summed E-state index contributed by atoms with van der Waals surface area (Å²) in [5.74, 6) is 0.234. The molecule has 0 bridgehead atoms. The first-order valence-electron chi connectivity index (χ1n) is 13.4. The largest absolute Gasteiger partial charge is 0.493 e. The molecular formula is C29H32FNO7. The van der Waals surface area contributed by atoms with Crippen LogP contribution in [-0.4, -0.2) is 73.1 Å². The van der Waals surface area contributed by atoms with Crippen molar-refractivity contribution in [3.05, 3.63) is 57.9 Å². The molecule has 4 aliphatic rings. The molecule has 9 heteroatoms. The molecule has 2 fully saturated rings. The van der Waals surface area contributed by atoms with Crippen LogP contribution < -0.4 is 9.47 Å². The van der Waals surface area contributed by atoms with Crippen LogP contribution in [0.1, 0.15) is 69.5 Å². The normalized spacial score (nSPS) is 24.5. The van der Waals surface area contributed by atoms with Crippen LogP contribution in [0, 0.1) is 5.82 Å². The second-order valence-corrected chi connectivity index (χ2v) is 10.5. The van der Waals surface area contributed by atoms with E-state index in [1.54, 1.807) is 23.1 Å². The van der Waals surface area contributed by atoms with Crippen LogP contribution in [0.15, 0.2) is 24.3 Å². The monoisotopic (exact) mass is 525 g/mol. The van der Waals surface area contributed by atoms with Gasteiger partial charge in [-0.2, -0.15) is 0 Å². The molecule has 3 atom stereocenters. The van der Waals surface area contributed by atoms with Gasteiger partial charge in [-0.25, -0.2) is 4.39 Å². The molecule has 4 heterocycles. The number of ketones is 1. The minimum atomic E-state index is -0.773. The maximum atomic E-state index is 15.0. The van der Waals surface area contributed by atoms with Crippen molar-refractivity contribution in [3.63, 3.8) is 0 Å². The van der Waals surface area contributed by atoms with Gasteiger partial charge in [0.1, 0.15) is 17.3 Å². The number of carbonyl (C=O) groups excluding carboxylic acids is 2. The summed E-state index contributed by atoms with van der Waals surface area (Å²) in [7, 11) is 0. The fraction of sp³-hybridized carbons (Fsp3) is 0.517. The molecule has 0 aliphatic carbocycles. The van der Waals surface area contributed by atoms with Crippen molar-refractivity contribution >= 4 is 11.7 Å². The number of amides is 1. The maximum absolute atomic E-state index is 15.0. The van der Waals surface area contributed by atoms with Gasteiger partial charge in [0.2, 0.25) is 0 Å².